The van der Waals surface area contributed by atoms with Crippen molar-refractivity contribution in [2.45, 2.75) is 33.6 Å². The van der Waals surface area contributed by atoms with Gasteiger partial charge < -0.3 is 0 Å². The van der Waals surface area contributed by atoms with Crippen LogP contribution in [0.15, 0.2) is 31.4 Å². The van der Waals surface area contributed by atoms with Crippen LogP contribution >= 0.6 is 0 Å². The van der Waals surface area contributed by atoms with E-state index < -0.39 is 0 Å². The van der Waals surface area contributed by atoms with Crippen LogP contribution in [0.1, 0.15) is 50.3 Å². The molecule has 0 aliphatic heterocycles. The third-order valence-electron chi connectivity index (χ3n) is 2.63. The van der Waals surface area contributed by atoms with Crippen LogP contribution in [0.4, 0.5) is 0 Å². The average Bonchev–Trinajstić information content (AvgIpc) is 2.16. The zero-order valence-electron chi connectivity index (χ0n) is 10.2. The normalized spacial score (nSPS) is 10.5. The van der Waals surface area contributed by atoms with Crippen molar-refractivity contribution in [1.82, 2.24) is 0 Å². The number of benzene rings is 1. The quantitative estimate of drug-likeness (QED) is 0.652. The number of allylic oxidation sites excluding steroid dienone is 2. The first-order valence-electron chi connectivity index (χ1n) is 5.39. The number of hydrogen-bond donors (Lipinski definition) is 0. The maximum absolute atomic E-state index is 4.03. The summed E-state index contributed by atoms with van der Waals surface area (Å²) in [6, 6.07) is 6.57. The Kier molecular flexibility index (Phi) is 3.52. The third-order valence-corrected chi connectivity index (χ3v) is 2.63. The maximum Gasteiger partial charge on any atom is -0.0155 e. The van der Waals surface area contributed by atoms with E-state index in [-0.39, 0.29) is 0 Å². The van der Waals surface area contributed by atoms with Crippen molar-refractivity contribution in [2.75, 3.05) is 0 Å². The molecule has 0 radical (unpaired) electrons. The summed E-state index contributed by atoms with van der Waals surface area (Å²) in [5, 5.41) is 0. The SMILES string of the molecule is C=C(C)c1ccc(C(C)C)cc1C(=C)C. The lowest BCUT2D eigenvalue weighted by atomic mass is 9.92. The van der Waals surface area contributed by atoms with Gasteiger partial charge in [-0.2, -0.15) is 0 Å². The van der Waals surface area contributed by atoms with Crippen molar-refractivity contribution in [3.05, 3.63) is 48.0 Å². The molecule has 80 valence electrons. The Labute approximate surface area is 93.3 Å². The fourth-order valence-electron chi connectivity index (χ4n) is 1.65. The number of hydrogen-bond acceptors (Lipinski definition) is 0. The van der Waals surface area contributed by atoms with Gasteiger partial charge in [-0.1, -0.05) is 56.4 Å². The zero-order chi connectivity index (χ0) is 11.6. The molecule has 0 saturated carbocycles. The van der Waals surface area contributed by atoms with Crippen LogP contribution in [0.3, 0.4) is 0 Å². The average molecular weight is 200 g/mol. The van der Waals surface area contributed by atoms with Crippen LogP contribution in [0.2, 0.25) is 0 Å². The maximum atomic E-state index is 4.03. The summed E-state index contributed by atoms with van der Waals surface area (Å²) < 4.78 is 0. The topological polar surface area (TPSA) is 0 Å². The second-order valence-corrected chi connectivity index (χ2v) is 4.52. The summed E-state index contributed by atoms with van der Waals surface area (Å²) in [5.74, 6) is 0.558. The largest absolute Gasteiger partial charge is 0.0955 e. The Hall–Kier alpha value is -1.30. The molecule has 0 atom stereocenters. The summed E-state index contributed by atoms with van der Waals surface area (Å²) in [5.41, 5.74) is 6.01. The molecule has 0 spiro atoms. The van der Waals surface area contributed by atoms with Crippen molar-refractivity contribution < 1.29 is 0 Å². The molecule has 0 saturated heterocycles. The Balaban J connectivity index is 3.33. The molecular formula is C15H20. The fraction of sp³-hybridized carbons (Fsp3) is 0.333. The Morgan fingerprint density at radius 3 is 1.93 bits per heavy atom. The van der Waals surface area contributed by atoms with Crippen molar-refractivity contribution in [2.24, 2.45) is 0 Å². The standard InChI is InChI=1S/C15H20/c1-10(2)13-7-8-14(11(3)4)15(9-13)12(5)6/h7-10H,3,5H2,1-2,4,6H3. The highest BCUT2D eigenvalue weighted by atomic mass is 14.1. The van der Waals surface area contributed by atoms with E-state index in [1.165, 1.54) is 16.7 Å². The van der Waals surface area contributed by atoms with Crippen molar-refractivity contribution in [3.8, 4) is 0 Å². The molecule has 0 amide bonds. The smallest absolute Gasteiger partial charge is 0.0155 e. The van der Waals surface area contributed by atoms with Gasteiger partial charge in [0.25, 0.3) is 0 Å². The first-order chi connectivity index (χ1) is 6.93. The van der Waals surface area contributed by atoms with Gasteiger partial charge in [0.15, 0.2) is 0 Å². The van der Waals surface area contributed by atoms with Gasteiger partial charge in [-0.15, -0.1) is 0 Å². The molecule has 0 bridgehead atoms. The van der Waals surface area contributed by atoms with Gasteiger partial charge >= 0.3 is 0 Å². The summed E-state index contributed by atoms with van der Waals surface area (Å²) in [4.78, 5) is 0. The van der Waals surface area contributed by atoms with Gasteiger partial charge in [0.1, 0.15) is 0 Å². The molecule has 0 heterocycles. The zero-order valence-corrected chi connectivity index (χ0v) is 10.2. The van der Waals surface area contributed by atoms with Crippen molar-refractivity contribution in [1.29, 1.82) is 0 Å². The van der Waals surface area contributed by atoms with Crippen LogP contribution in [-0.4, -0.2) is 0 Å². The highest BCUT2D eigenvalue weighted by Gasteiger charge is 2.07. The molecule has 0 aliphatic carbocycles. The highest BCUT2D eigenvalue weighted by Crippen LogP contribution is 2.27. The molecule has 15 heavy (non-hydrogen) atoms. The van der Waals surface area contributed by atoms with Crippen molar-refractivity contribution >= 4 is 11.1 Å². The second-order valence-electron chi connectivity index (χ2n) is 4.52. The monoisotopic (exact) mass is 200 g/mol. The summed E-state index contributed by atoms with van der Waals surface area (Å²) in [7, 11) is 0. The van der Waals surface area contributed by atoms with E-state index in [4.69, 9.17) is 0 Å². The molecule has 1 aromatic rings. The lowest BCUT2D eigenvalue weighted by Crippen LogP contribution is -1.94. The summed E-state index contributed by atoms with van der Waals surface area (Å²) in [6.07, 6.45) is 0. The van der Waals surface area contributed by atoms with Crippen LogP contribution < -0.4 is 0 Å². The minimum Gasteiger partial charge on any atom is -0.0955 e. The minimum atomic E-state index is 0.558. The van der Waals surface area contributed by atoms with E-state index in [0.29, 0.717) is 5.92 Å². The van der Waals surface area contributed by atoms with Gasteiger partial charge in [-0.3, -0.25) is 0 Å². The lowest BCUT2D eigenvalue weighted by molar-refractivity contribution is 0.866. The molecule has 0 aromatic heterocycles. The van der Waals surface area contributed by atoms with Crippen molar-refractivity contribution in [3.63, 3.8) is 0 Å². The predicted octanol–water partition coefficient (Wildman–Crippen LogP) is 4.88. The Morgan fingerprint density at radius 1 is 1.00 bits per heavy atom. The molecule has 0 fully saturated rings. The summed E-state index contributed by atoms with van der Waals surface area (Å²) >= 11 is 0. The predicted molar refractivity (Wildman–Crippen MR) is 69.9 cm³/mol. The molecule has 0 nitrogen and oxygen atoms in total. The molecule has 0 unspecified atom stereocenters. The Bertz CT molecular complexity index is 394. The van der Waals surface area contributed by atoms with Crippen LogP contribution in [0, 0.1) is 0 Å². The van der Waals surface area contributed by atoms with Gasteiger partial charge in [0.05, 0.1) is 0 Å². The van der Waals surface area contributed by atoms with Gasteiger partial charge in [0.2, 0.25) is 0 Å². The van der Waals surface area contributed by atoms with Crippen LogP contribution in [0.25, 0.3) is 11.1 Å². The van der Waals surface area contributed by atoms with E-state index in [1.807, 2.05) is 13.8 Å². The molecular weight excluding hydrogens is 180 g/mol. The van der Waals surface area contributed by atoms with Gasteiger partial charge in [-0.05, 0) is 36.5 Å². The number of rotatable bonds is 3. The van der Waals surface area contributed by atoms with E-state index in [2.05, 4.69) is 45.2 Å². The summed E-state index contributed by atoms with van der Waals surface area (Å²) in [6.45, 7) is 16.5. The first-order valence-corrected chi connectivity index (χ1v) is 5.39. The van der Waals surface area contributed by atoms with E-state index >= 15 is 0 Å². The lowest BCUT2D eigenvalue weighted by Gasteiger charge is -2.13. The Morgan fingerprint density at radius 2 is 1.53 bits per heavy atom. The first kappa shape index (κ1) is 11.8. The third kappa shape index (κ3) is 2.59. The van der Waals surface area contributed by atoms with E-state index in [1.54, 1.807) is 0 Å². The van der Waals surface area contributed by atoms with Crippen LogP contribution in [-0.2, 0) is 0 Å². The van der Waals surface area contributed by atoms with Gasteiger partial charge in [-0.25, -0.2) is 0 Å². The molecule has 1 rings (SSSR count). The molecule has 0 N–H and O–H groups in total. The van der Waals surface area contributed by atoms with Gasteiger partial charge in [0, 0.05) is 0 Å². The van der Waals surface area contributed by atoms with Crippen LogP contribution in [0.5, 0.6) is 0 Å². The molecule has 0 heteroatoms. The van der Waals surface area contributed by atoms with E-state index in [0.717, 1.165) is 11.1 Å². The second kappa shape index (κ2) is 4.48. The molecule has 0 aliphatic rings. The molecule has 1 aromatic carbocycles. The fourth-order valence-corrected chi connectivity index (χ4v) is 1.65. The highest BCUT2D eigenvalue weighted by molar-refractivity contribution is 5.77. The van der Waals surface area contributed by atoms with E-state index in [9.17, 15) is 0 Å². The minimum absolute atomic E-state index is 0.558.